The molecule has 37 heavy (non-hydrogen) atoms. The minimum Gasteiger partial charge on any atom is -0.493 e. The van der Waals surface area contributed by atoms with Crippen LogP contribution < -0.4 is 28.4 Å². The van der Waals surface area contributed by atoms with Crippen LogP contribution in [0.5, 0.6) is 34.5 Å². The molecule has 1 fully saturated rings. The van der Waals surface area contributed by atoms with Crippen LogP contribution in [-0.2, 0) is 13.0 Å². The molecule has 0 aliphatic carbocycles. The van der Waals surface area contributed by atoms with Crippen molar-refractivity contribution in [2.45, 2.75) is 44.4 Å². The lowest BCUT2D eigenvalue weighted by Crippen LogP contribution is -2.47. The molecule has 0 aromatic heterocycles. The van der Waals surface area contributed by atoms with Crippen molar-refractivity contribution in [3.63, 3.8) is 0 Å². The Balaban J connectivity index is 1.50. The minimum absolute atomic E-state index is 0.00340. The summed E-state index contributed by atoms with van der Waals surface area (Å²) in [6, 6.07) is 16.9. The average molecular weight is 504 g/mol. The van der Waals surface area contributed by atoms with Crippen molar-refractivity contribution in [1.29, 1.82) is 0 Å². The first kappa shape index (κ1) is 23.8. The largest absolute Gasteiger partial charge is 0.493 e. The van der Waals surface area contributed by atoms with Gasteiger partial charge in [0.15, 0.2) is 23.0 Å². The molecule has 7 nitrogen and oxygen atoms in total. The van der Waals surface area contributed by atoms with Gasteiger partial charge in [-0.25, -0.2) is 0 Å². The molecule has 0 saturated carbocycles. The van der Waals surface area contributed by atoms with Crippen LogP contribution in [0.25, 0.3) is 0 Å². The molecule has 3 aromatic carbocycles. The first-order valence-corrected chi connectivity index (χ1v) is 12.9. The molecule has 2 atom stereocenters. The van der Waals surface area contributed by atoms with Gasteiger partial charge in [0.2, 0.25) is 18.3 Å². The summed E-state index contributed by atoms with van der Waals surface area (Å²) in [4.78, 5) is 2.62. The molecule has 0 unspecified atom stereocenters. The van der Waals surface area contributed by atoms with Gasteiger partial charge >= 0.3 is 0 Å². The van der Waals surface area contributed by atoms with Crippen molar-refractivity contribution in [3.8, 4) is 34.5 Å². The fraction of sp³-hybridized carbons (Fsp3) is 0.400. The number of fused-ring (bicyclic) bond motifs is 3. The Morgan fingerprint density at radius 2 is 1.68 bits per heavy atom. The Kier molecular flexibility index (Phi) is 6.47. The van der Waals surface area contributed by atoms with Crippen molar-refractivity contribution in [3.05, 3.63) is 70.8 Å². The number of rotatable bonds is 7. The second-order valence-electron chi connectivity index (χ2n) is 9.73. The highest BCUT2D eigenvalue weighted by Gasteiger charge is 2.41. The summed E-state index contributed by atoms with van der Waals surface area (Å²) >= 11 is 0. The average Bonchev–Trinajstić information content (AvgIpc) is 3.42. The van der Waals surface area contributed by atoms with Gasteiger partial charge < -0.3 is 28.4 Å². The van der Waals surface area contributed by atoms with Crippen LogP contribution in [0.15, 0.2) is 48.5 Å². The predicted molar refractivity (Wildman–Crippen MR) is 139 cm³/mol. The number of hydrogen-bond acceptors (Lipinski definition) is 7. The van der Waals surface area contributed by atoms with E-state index in [9.17, 15) is 0 Å². The van der Waals surface area contributed by atoms with Gasteiger partial charge in [0, 0.05) is 11.6 Å². The van der Waals surface area contributed by atoms with Crippen LogP contribution in [0.2, 0.25) is 0 Å². The van der Waals surface area contributed by atoms with Crippen molar-refractivity contribution in [1.82, 2.24) is 4.90 Å². The van der Waals surface area contributed by atoms with Crippen LogP contribution in [0, 0.1) is 0 Å². The van der Waals surface area contributed by atoms with Crippen molar-refractivity contribution < 1.29 is 28.4 Å². The maximum atomic E-state index is 6.53. The lowest BCUT2D eigenvalue weighted by Gasteiger charge is -2.46. The molecule has 0 spiro atoms. The number of piperidine rings is 1. The van der Waals surface area contributed by atoms with Gasteiger partial charge in [0.25, 0.3) is 0 Å². The van der Waals surface area contributed by atoms with Crippen LogP contribution in [0.3, 0.4) is 0 Å². The van der Waals surface area contributed by atoms with E-state index < -0.39 is 0 Å². The van der Waals surface area contributed by atoms with E-state index in [1.807, 2.05) is 18.2 Å². The highest BCUT2D eigenvalue weighted by Crippen LogP contribution is 2.53. The van der Waals surface area contributed by atoms with E-state index in [1.54, 1.807) is 21.3 Å². The Morgan fingerprint density at radius 1 is 0.892 bits per heavy atom. The zero-order chi connectivity index (χ0) is 25.4. The fourth-order valence-electron chi connectivity index (χ4n) is 6.03. The van der Waals surface area contributed by atoms with Gasteiger partial charge in [0.05, 0.1) is 27.4 Å². The normalized spacial score (nSPS) is 20.1. The molecule has 3 aromatic rings. The molecular weight excluding hydrogens is 470 g/mol. The van der Waals surface area contributed by atoms with Crippen molar-refractivity contribution in [2.24, 2.45) is 0 Å². The molecule has 3 aliphatic heterocycles. The summed E-state index contributed by atoms with van der Waals surface area (Å²) in [5, 5.41) is 0. The Bertz CT molecular complexity index is 1250. The monoisotopic (exact) mass is 503 g/mol. The molecule has 0 bridgehead atoms. The third-order valence-electron chi connectivity index (χ3n) is 7.72. The molecule has 0 amide bonds. The first-order chi connectivity index (χ1) is 18.2. The summed E-state index contributed by atoms with van der Waals surface area (Å²) in [6.07, 6.45) is 4.46. The highest BCUT2D eigenvalue weighted by molar-refractivity contribution is 5.64. The summed E-state index contributed by atoms with van der Waals surface area (Å²) < 4.78 is 35.5. The van der Waals surface area contributed by atoms with E-state index >= 15 is 0 Å². The molecule has 194 valence electrons. The summed E-state index contributed by atoms with van der Waals surface area (Å²) in [7, 11) is 4.95. The Morgan fingerprint density at radius 3 is 2.41 bits per heavy atom. The molecule has 6 rings (SSSR count). The lowest BCUT2D eigenvalue weighted by molar-refractivity contribution is 0.0981. The zero-order valence-corrected chi connectivity index (χ0v) is 21.6. The minimum atomic E-state index is -0.00340. The predicted octanol–water partition coefficient (Wildman–Crippen LogP) is 5.52. The maximum absolute atomic E-state index is 6.53. The molecule has 7 heteroatoms. The SMILES string of the molecule is COc1cc([C@@H]2c3cc4c(c(OCc5ccccc5)c3C[C@@H]3CCCCN32)OCO4)cc(OC)c1OC. The quantitative estimate of drug-likeness (QED) is 0.421. The van der Waals surface area contributed by atoms with Gasteiger partial charge in [-0.3, -0.25) is 4.90 Å². The second kappa shape index (κ2) is 10.1. The van der Waals surface area contributed by atoms with Gasteiger partial charge in [-0.05, 0) is 60.7 Å². The van der Waals surface area contributed by atoms with Crippen molar-refractivity contribution in [2.75, 3.05) is 34.7 Å². The van der Waals surface area contributed by atoms with E-state index in [4.69, 9.17) is 28.4 Å². The van der Waals surface area contributed by atoms with E-state index in [-0.39, 0.29) is 12.8 Å². The summed E-state index contributed by atoms with van der Waals surface area (Å²) in [5.41, 5.74) is 4.58. The molecular formula is C30H33NO6. The van der Waals surface area contributed by atoms with Crippen LogP contribution in [0.1, 0.15) is 47.6 Å². The topological polar surface area (TPSA) is 58.6 Å². The summed E-state index contributed by atoms with van der Waals surface area (Å²) in [6.45, 7) is 1.69. The Hall–Kier alpha value is -3.58. The van der Waals surface area contributed by atoms with E-state index in [0.29, 0.717) is 35.6 Å². The second-order valence-corrected chi connectivity index (χ2v) is 9.73. The zero-order valence-electron chi connectivity index (χ0n) is 21.6. The van der Waals surface area contributed by atoms with Gasteiger partial charge in [0.1, 0.15) is 6.61 Å². The maximum Gasteiger partial charge on any atom is 0.231 e. The van der Waals surface area contributed by atoms with Gasteiger partial charge in [-0.2, -0.15) is 0 Å². The van der Waals surface area contributed by atoms with Gasteiger partial charge in [-0.1, -0.05) is 36.8 Å². The molecule has 3 aliphatic rings. The number of ether oxygens (including phenoxy) is 6. The van der Waals surface area contributed by atoms with E-state index in [0.717, 1.165) is 42.0 Å². The van der Waals surface area contributed by atoms with Gasteiger partial charge in [-0.15, -0.1) is 0 Å². The third-order valence-corrected chi connectivity index (χ3v) is 7.72. The first-order valence-electron chi connectivity index (χ1n) is 12.9. The van der Waals surface area contributed by atoms with E-state index in [1.165, 1.54) is 24.0 Å². The van der Waals surface area contributed by atoms with E-state index in [2.05, 4.69) is 35.2 Å². The molecule has 1 saturated heterocycles. The number of benzene rings is 3. The smallest absolute Gasteiger partial charge is 0.231 e. The molecule has 0 N–H and O–H groups in total. The number of hydrogen-bond donors (Lipinski definition) is 0. The highest BCUT2D eigenvalue weighted by atomic mass is 16.7. The lowest BCUT2D eigenvalue weighted by atomic mass is 9.80. The van der Waals surface area contributed by atoms with Crippen molar-refractivity contribution >= 4 is 0 Å². The Labute approximate surface area is 217 Å². The van der Waals surface area contributed by atoms with Crippen LogP contribution >= 0.6 is 0 Å². The van der Waals surface area contributed by atoms with Crippen LogP contribution in [0.4, 0.5) is 0 Å². The third kappa shape index (κ3) is 4.21. The van der Waals surface area contributed by atoms with Crippen LogP contribution in [-0.4, -0.2) is 45.6 Å². The standard InChI is InChI=1S/C30H33NO6/c1-32-24-13-20(14-25(33-2)29(24)34-3)27-22-16-26-30(37-18-36-26)28(35-17-19-9-5-4-6-10-19)23(22)15-21-11-7-8-12-31(21)27/h4-6,9-10,13-14,16,21,27H,7-8,11-12,15,17-18H2,1-3H3/t21-,27+/m0/s1. The molecule has 0 radical (unpaired) electrons. The number of methoxy groups -OCH3 is 3. The summed E-state index contributed by atoms with van der Waals surface area (Å²) in [5.74, 6) is 4.14. The fourth-order valence-corrected chi connectivity index (χ4v) is 6.03. The molecule has 3 heterocycles. The number of nitrogens with zero attached hydrogens (tertiary/aromatic N) is 1.